The van der Waals surface area contributed by atoms with E-state index >= 15 is 0 Å². The minimum Gasteiger partial charge on any atom is -0.496 e. The maximum absolute atomic E-state index is 13.8. The van der Waals surface area contributed by atoms with E-state index in [1.54, 1.807) is 43.7 Å². The molecule has 0 amide bonds. The van der Waals surface area contributed by atoms with Crippen molar-refractivity contribution in [1.29, 1.82) is 0 Å². The Balaban J connectivity index is 1.76. The summed E-state index contributed by atoms with van der Waals surface area (Å²) in [4.78, 5) is 43.9. The van der Waals surface area contributed by atoms with Crippen LogP contribution in [0.5, 0.6) is 5.75 Å². The maximum atomic E-state index is 13.8. The molecule has 4 rings (SSSR count). The van der Waals surface area contributed by atoms with Gasteiger partial charge in [-0.05, 0) is 68.7 Å². The van der Waals surface area contributed by atoms with Crippen molar-refractivity contribution in [3.63, 3.8) is 0 Å². The lowest BCUT2D eigenvalue weighted by atomic mass is 10.1. The molecular formula is C28H27ClN2O5S2. The summed E-state index contributed by atoms with van der Waals surface area (Å²) in [5.74, 6) is 0.576. The van der Waals surface area contributed by atoms with Gasteiger partial charge in [-0.2, -0.15) is 0 Å². The van der Waals surface area contributed by atoms with Crippen molar-refractivity contribution in [2.75, 3.05) is 13.7 Å². The number of thioether (sulfide) groups is 1. The zero-order chi connectivity index (χ0) is 27.4. The number of thiophene rings is 1. The van der Waals surface area contributed by atoms with Crippen LogP contribution in [-0.2, 0) is 23.5 Å². The molecule has 7 nitrogen and oxygen atoms in total. The van der Waals surface area contributed by atoms with Gasteiger partial charge in [0, 0.05) is 28.4 Å². The first-order valence-electron chi connectivity index (χ1n) is 12.0. The number of ketones is 1. The number of nitrogens with zero attached hydrogens (tertiary/aromatic N) is 2. The molecule has 0 fully saturated rings. The second kappa shape index (κ2) is 12.1. The van der Waals surface area contributed by atoms with Gasteiger partial charge in [0.05, 0.1) is 19.1 Å². The van der Waals surface area contributed by atoms with Crippen LogP contribution >= 0.6 is 34.7 Å². The fraction of sp³-hybridized carbons (Fsp3) is 0.286. The van der Waals surface area contributed by atoms with Gasteiger partial charge in [-0.25, -0.2) is 9.78 Å². The number of rotatable bonds is 10. The summed E-state index contributed by atoms with van der Waals surface area (Å²) in [6.07, 6.45) is 0.592. The molecule has 10 heteroatoms. The highest BCUT2D eigenvalue weighted by Crippen LogP contribution is 2.32. The van der Waals surface area contributed by atoms with E-state index in [9.17, 15) is 14.4 Å². The van der Waals surface area contributed by atoms with E-state index in [0.717, 1.165) is 22.5 Å². The summed E-state index contributed by atoms with van der Waals surface area (Å²) in [6.45, 7) is 5.64. The lowest BCUT2D eigenvalue weighted by Crippen LogP contribution is -2.24. The van der Waals surface area contributed by atoms with Crippen molar-refractivity contribution in [3.8, 4) is 5.75 Å². The number of methoxy groups -OCH3 is 1. The molecule has 4 aromatic rings. The van der Waals surface area contributed by atoms with Crippen LogP contribution in [-0.4, -0.2) is 35.0 Å². The molecule has 0 bridgehead atoms. The van der Waals surface area contributed by atoms with Gasteiger partial charge in [0.2, 0.25) is 0 Å². The third-order valence-electron chi connectivity index (χ3n) is 6.06. The molecular weight excluding hydrogens is 544 g/mol. The molecule has 0 spiro atoms. The highest BCUT2D eigenvalue weighted by Gasteiger charge is 2.23. The second-order valence-electron chi connectivity index (χ2n) is 8.56. The molecule has 0 atom stereocenters. The molecule has 0 saturated heterocycles. The zero-order valence-electron chi connectivity index (χ0n) is 21.5. The summed E-state index contributed by atoms with van der Waals surface area (Å²) >= 11 is 8.58. The molecule has 0 radical (unpaired) electrons. The fourth-order valence-corrected chi connectivity index (χ4v) is 6.29. The highest BCUT2D eigenvalue weighted by atomic mass is 35.5. The molecule has 2 aromatic carbocycles. The second-order valence-corrected chi connectivity index (χ2v) is 10.9. The minimum atomic E-state index is -0.458. The number of ether oxygens (including phenoxy) is 2. The van der Waals surface area contributed by atoms with E-state index in [-0.39, 0.29) is 17.9 Å². The van der Waals surface area contributed by atoms with E-state index in [0.29, 0.717) is 60.9 Å². The molecule has 2 heterocycles. The van der Waals surface area contributed by atoms with E-state index in [2.05, 4.69) is 0 Å². The Kier molecular flexibility index (Phi) is 8.91. The van der Waals surface area contributed by atoms with Crippen LogP contribution < -0.4 is 10.3 Å². The number of aromatic nitrogens is 2. The van der Waals surface area contributed by atoms with Crippen LogP contribution in [0.4, 0.5) is 0 Å². The number of hydrogen-bond acceptors (Lipinski definition) is 8. The smallest absolute Gasteiger partial charge is 0.348 e. The van der Waals surface area contributed by atoms with Gasteiger partial charge in [0.25, 0.3) is 5.56 Å². The van der Waals surface area contributed by atoms with Gasteiger partial charge in [-0.3, -0.25) is 14.2 Å². The largest absolute Gasteiger partial charge is 0.496 e. The van der Waals surface area contributed by atoms with Crippen molar-refractivity contribution in [2.45, 2.75) is 44.6 Å². The molecule has 0 saturated carbocycles. The molecule has 0 N–H and O–H groups in total. The number of carbonyl (C=O) groups is 2. The maximum Gasteiger partial charge on any atom is 0.348 e. The Hall–Kier alpha value is -3.14. The highest BCUT2D eigenvalue weighted by molar-refractivity contribution is 7.98. The molecule has 0 unspecified atom stereocenters. The molecule has 198 valence electrons. The van der Waals surface area contributed by atoms with Crippen LogP contribution in [0, 0.1) is 6.92 Å². The van der Waals surface area contributed by atoms with Crippen molar-refractivity contribution in [3.05, 3.63) is 85.0 Å². The van der Waals surface area contributed by atoms with Crippen LogP contribution in [0.1, 0.15) is 50.6 Å². The first kappa shape index (κ1) is 27.9. The first-order valence-corrected chi connectivity index (χ1v) is 14.2. The van der Waals surface area contributed by atoms with Gasteiger partial charge in [-0.15, -0.1) is 11.3 Å². The van der Waals surface area contributed by atoms with Gasteiger partial charge in [0.1, 0.15) is 15.5 Å². The van der Waals surface area contributed by atoms with Gasteiger partial charge in [-0.1, -0.05) is 35.5 Å². The van der Waals surface area contributed by atoms with E-state index in [4.69, 9.17) is 26.1 Å². The lowest BCUT2D eigenvalue weighted by Gasteiger charge is -2.14. The number of hydrogen-bond donors (Lipinski definition) is 0. The number of esters is 1. The van der Waals surface area contributed by atoms with Gasteiger partial charge >= 0.3 is 5.97 Å². The van der Waals surface area contributed by atoms with Crippen LogP contribution in [0.15, 0.2) is 52.4 Å². The summed E-state index contributed by atoms with van der Waals surface area (Å²) in [6, 6.07) is 12.8. The van der Waals surface area contributed by atoms with E-state index < -0.39 is 5.97 Å². The molecule has 2 aromatic heterocycles. The van der Waals surface area contributed by atoms with Crippen molar-refractivity contribution >= 4 is 56.7 Å². The number of halogens is 1. The molecule has 0 aliphatic heterocycles. The monoisotopic (exact) mass is 570 g/mol. The van der Waals surface area contributed by atoms with Crippen LogP contribution in [0.2, 0.25) is 5.02 Å². The molecule has 38 heavy (non-hydrogen) atoms. The summed E-state index contributed by atoms with van der Waals surface area (Å²) in [5, 5.41) is 1.59. The van der Waals surface area contributed by atoms with Crippen molar-refractivity contribution in [1.82, 2.24) is 9.55 Å². The average Bonchev–Trinajstić information content (AvgIpc) is 3.24. The standard InChI is InChI=1S/C28H27ClN2O5S2/c1-5-36-27(34)24-16(2)23-25(38-24)30-28(31(26(23)33)13-12-18-6-9-21(29)10-7-18)37-15-20-14-19(17(3)32)8-11-22(20)35-4/h6-11,14H,5,12-13,15H2,1-4H3. The Morgan fingerprint density at radius 2 is 1.89 bits per heavy atom. The Morgan fingerprint density at radius 3 is 2.55 bits per heavy atom. The predicted octanol–water partition coefficient (Wildman–Crippen LogP) is 6.34. The summed E-state index contributed by atoms with van der Waals surface area (Å²) in [5.41, 5.74) is 2.80. The van der Waals surface area contributed by atoms with Gasteiger partial charge in [0.15, 0.2) is 10.9 Å². The Morgan fingerprint density at radius 1 is 1.16 bits per heavy atom. The summed E-state index contributed by atoms with van der Waals surface area (Å²) in [7, 11) is 1.58. The minimum absolute atomic E-state index is 0.0427. The Bertz CT molecular complexity index is 1560. The number of fused-ring (bicyclic) bond motifs is 1. The average molecular weight is 571 g/mol. The fourth-order valence-electron chi connectivity index (χ4n) is 4.04. The van der Waals surface area contributed by atoms with Crippen LogP contribution in [0.3, 0.4) is 0 Å². The lowest BCUT2D eigenvalue weighted by molar-refractivity contribution is 0.0531. The van der Waals surface area contributed by atoms with Gasteiger partial charge < -0.3 is 9.47 Å². The number of Topliss-reactive ketones (excluding diaryl/α,β-unsaturated/α-hetero) is 1. The topological polar surface area (TPSA) is 87.5 Å². The number of benzene rings is 2. The normalized spacial score (nSPS) is 11.1. The first-order chi connectivity index (χ1) is 18.2. The third kappa shape index (κ3) is 5.95. The third-order valence-corrected chi connectivity index (χ3v) is 8.50. The number of carbonyl (C=O) groups excluding carboxylic acids is 2. The SMILES string of the molecule is CCOC(=O)c1sc2nc(SCc3cc(C(C)=O)ccc3OC)n(CCc3ccc(Cl)cc3)c(=O)c2c1C. The van der Waals surface area contributed by atoms with Crippen molar-refractivity contribution < 1.29 is 19.1 Å². The molecule has 0 aliphatic carbocycles. The Labute approximate surface area is 233 Å². The van der Waals surface area contributed by atoms with E-state index in [1.165, 1.54) is 18.7 Å². The summed E-state index contributed by atoms with van der Waals surface area (Å²) < 4.78 is 12.3. The zero-order valence-corrected chi connectivity index (χ0v) is 23.9. The molecule has 0 aliphatic rings. The number of aryl methyl sites for hydroxylation is 2. The van der Waals surface area contributed by atoms with E-state index in [1.807, 2.05) is 24.3 Å². The van der Waals surface area contributed by atoms with Crippen LogP contribution in [0.25, 0.3) is 10.2 Å². The predicted molar refractivity (Wildman–Crippen MR) is 152 cm³/mol. The quantitative estimate of drug-likeness (QED) is 0.0951. The van der Waals surface area contributed by atoms with Crippen molar-refractivity contribution in [2.24, 2.45) is 0 Å².